The van der Waals surface area contributed by atoms with Crippen LogP contribution in [0.5, 0.6) is 0 Å². The Kier molecular flexibility index (Phi) is 4.89. The zero-order chi connectivity index (χ0) is 22.7. The topological polar surface area (TPSA) is 105 Å². The summed E-state index contributed by atoms with van der Waals surface area (Å²) < 4.78 is 44.7. The van der Waals surface area contributed by atoms with Crippen LogP contribution < -0.4 is 11.2 Å². The standard InChI is InChI=1S/C16H11Cl2F3N8O2/c1-26-12-11(13(30)27(2)15(26)31)28(14(18)22-12)6-10-23-24-25-29(10)9-4-3-7(17)5-8(9)16(19,20)21/h3-5H,6H2,1-2H3. The van der Waals surface area contributed by atoms with Crippen molar-refractivity contribution in [2.24, 2.45) is 14.1 Å². The molecule has 0 unspecified atom stereocenters. The third kappa shape index (κ3) is 3.39. The fourth-order valence-corrected chi connectivity index (χ4v) is 3.51. The smallest absolute Gasteiger partial charge is 0.301 e. The average Bonchev–Trinajstić information content (AvgIpc) is 3.29. The van der Waals surface area contributed by atoms with Gasteiger partial charge in [0.25, 0.3) is 5.56 Å². The van der Waals surface area contributed by atoms with Gasteiger partial charge >= 0.3 is 11.9 Å². The van der Waals surface area contributed by atoms with Gasteiger partial charge < -0.3 is 4.57 Å². The first-order valence-electron chi connectivity index (χ1n) is 8.47. The highest BCUT2D eigenvalue weighted by molar-refractivity contribution is 6.30. The Labute approximate surface area is 180 Å². The van der Waals surface area contributed by atoms with E-state index in [-0.39, 0.29) is 39.5 Å². The molecule has 4 aromatic rings. The van der Waals surface area contributed by atoms with E-state index in [0.717, 1.165) is 25.9 Å². The maximum absolute atomic E-state index is 13.5. The third-order valence-corrected chi connectivity index (χ3v) is 5.15. The highest BCUT2D eigenvalue weighted by atomic mass is 35.5. The van der Waals surface area contributed by atoms with E-state index in [0.29, 0.717) is 0 Å². The van der Waals surface area contributed by atoms with Crippen LogP contribution in [0.3, 0.4) is 0 Å². The van der Waals surface area contributed by atoms with E-state index in [1.165, 1.54) is 24.7 Å². The van der Waals surface area contributed by atoms with E-state index < -0.39 is 23.0 Å². The number of aryl methyl sites for hydroxylation is 1. The summed E-state index contributed by atoms with van der Waals surface area (Å²) in [6, 6.07) is 3.15. The number of hydrogen-bond acceptors (Lipinski definition) is 6. The minimum absolute atomic E-state index is 0.0135. The molecule has 0 N–H and O–H groups in total. The lowest BCUT2D eigenvalue weighted by atomic mass is 10.1. The van der Waals surface area contributed by atoms with Gasteiger partial charge in [0.2, 0.25) is 5.28 Å². The van der Waals surface area contributed by atoms with Crippen LogP contribution in [0, 0.1) is 0 Å². The Hall–Kier alpha value is -3.19. The van der Waals surface area contributed by atoms with Crippen LogP contribution in [0.4, 0.5) is 13.2 Å². The van der Waals surface area contributed by atoms with Gasteiger partial charge in [0, 0.05) is 19.1 Å². The van der Waals surface area contributed by atoms with Gasteiger partial charge in [-0.15, -0.1) is 5.10 Å². The summed E-state index contributed by atoms with van der Waals surface area (Å²) in [4.78, 5) is 28.8. The Morgan fingerprint density at radius 3 is 2.48 bits per heavy atom. The molecular formula is C16H11Cl2F3N8O2. The Morgan fingerprint density at radius 2 is 1.81 bits per heavy atom. The van der Waals surface area contributed by atoms with Gasteiger partial charge in [0.05, 0.1) is 17.8 Å². The van der Waals surface area contributed by atoms with Gasteiger partial charge in [-0.25, -0.2) is 4.79 Å². The molecule has 0 aliphatic heterocycles. The number of halogens is 5. The molecular weight excluding hydrogens is 464 g/mol. The fraction of sp³-hybridized carbons (Fsp3) is 0.250. The molecule has 31 heavy (non-hydrogen) atoms. The largest absolute Gasteiger partial charge is 0.418 e. The van der Waals surface area contributed by atoms with Crippen molar-refractivity contribution in [1.29, 1.82) is 0 Å². The number of hydrogen-bond donors (Lipinski definition) is 0. The average molecular weight is 475 g/mol. The number of benzene rings is 1. The summed E-state index contributed by atoms with van der Waals surface area (Å²) in [6.45, 7) is -0.296. The molecule has 3 heterocycles. The van der Waals surface area contributed by atoms with E-state index in [1.54, 1.807) is 0 Å². The predicted molar refractivity (Wildman–Crippen MR) is 103 cm³/mol. The molecule has 1 aromatic carbocycles. The van der Waals surface area contributed by atoms with Crippen LogP contribution in [-0.4, -0.2) is 38.9 Å². The zero-order valence-corrected chi connectivity index (χ0v) is 17.2. The minimum Gasteiger partial charge on any atom is -0.301 e. The van der Waals surface area contributed by atoms with Gasteiger partial charge in [-0.2, -0.15) is 22.8 Å². The van der Waals surface area contributed by atoms with E-state index >= 15 is 0 Å². The van der Waals surface area contributed by atoms with E-state index in [4.69, 9.17) is 23.2 Å². The van der Waals surface area contributed by atoms with Gasteiger partial charge in [0.1, 0.15) is 0 Å². The summed E-state index contributed by atoms with van der Waals surface area (Å²) in [6.07, 6.45) is -4.73. The number of fused-ring (bicyclic) bond motifs is 1. The SMILES string of the molecule is Cn1c(=O)c2c(nc(Cl)n2Cc2nnnn2-c2ccc(Cl)cc2C(F)(F)F)n(C)c1=O. The van der Waals surface area contributed by atoms with Gasteiger partial charge in [-0.05, 0) is 40.2 Å². The maximum Gasteiger partial charge on any atom is 0.418 e. The van der Waals surface area contributed by atoms with Gasteiger partial charge in [-0.1, -0.05) is 11.6 Å². The van der Waals surface area contributed by atoms with Crippen molar-refractivity contribution in [3.05, 3.63) is 60.7 Å². The summed E-state index contributed by atoms with van der Waals surface area (Å²) in [5, 5.41) is 10.6. The lowest BCUT2D eigenvalue weighted by Gasteiger charge is -2.14. The third-order valence-electron chi connectivity index (χ3n) is 4.63. The zero-order valence-electron chi connectivity index (χ0n) is 15.7. The molecule has 15 heteroatoms. The van der Waals surface area contributed by atoms with Crippen molar-refractivity contribution in [1.82, 2.24) is 38.9 Å². The Morgan fingerprint density at radius 1 is 1.10 bits per heavy atom. The molecule has 0 radical (unpaired) electrons. The minimum atomic E-state index is -4.73. The summed E-state index contributed by atoms with van der Waals surface area (Å²) in [5.41, 5.74) is -2.72. The molecule has 0 bridgehead atoms. The Bertz CT molecular complexity index is 1450. The molecule has 0 aliphatic carbocycles. The summed E-state index contributed by atoms with van der Waals surface area (Å²) >= 11 is 11.9. The molecule has 3 aromatic heterocycles. The second-order valence-corrected chi connectivity index (χ2v) is 7.29. The van der Waals surface area contributed by atoms with Crippen molar-refractivity contribution >= 4 is 34.4 Å². The van der Waals surface area contributed by atoms with Crippen LogP contribution >= 0.6 is 23.2 Å². The summed E-state index contributed by atoms with van der Waals surface area (Å²) in [7, 11) is 2.69. The number of alkyl halides is 3. The molecule has 0 fully saturated rings. The van der Waals surface area contributed by atoms with E-state index in [1.807, 2.05) is 0 Å². The first kappa shape index (κ1) is 21.1. The molecule has 4 rings (SSSR count). The van der Waals surface area contributed by atoms with Gasteiger partial charge in [0.15, 0.2) is 17.0 Å². The van der Waals surface area contributed by atoms with E-state index in [9.17, 15) is 22.8 Å². The normalized spacial score (nSPS) is 12.1. The number of aromatic nitrogens is 8. The van der Waals surface area contributed by atoms with Crippen molar-refractivity contribution in [3.8, 4) is 5.69 Å². The van der Waals surface area contributed by atoms with E-state index in [2.05, 4.69) is 20.5 Å². The molecule has 0 amide bonds. The predicted octanol–water partition coefficient (Wildman–Crippen LogP) is 1.78. The van der Waals surface area contributed by atoms with Crippen LogP contribution in [0.2, 0.25) is 10.3 Å². The maximum atomic E-state index is 13.5. The lowest BCUT2D eigenvalue weighted by molar-refractivity contribution is -0.137. The number of tetrazole rings is 1. The number of imidazole rings is 1. The molecule has 10 nitrogen and oxygen atoms in total. The first-order chi connectivity index (χ1) is 14.5. The second kappa shape index (κ2) is 7.20. The van der Waals surface area contributed by atoms with Crippen LogP contribution in [0.1, 0.15) is 11.4 Å². The number of nitrogens with zero attached hydrogens (tertiary/aromatic N) is 8. The van der Waals surface area contributed by atoms with Crippen molar-refractivity contribution in [2.45, 2.75) is 12.7 Å². The van der Waals surface area contributed by atoms with Crippen LogP contribution in [0.25, 0.3) is 16.9 Å². The highest BCUT2D eigenvalue weighted by Gasteiger charge is 2.35. The first-order valence-corrected chi connectivity index (χ1v) is 9.22. The monoisotopic (exact) mass is 474 g/mol. The van der Waals surface area contributed by atoms with Crippen molar-refractivity contribution < 1.29 is 13.2 Å². The lowest BCUT2D eigenvalue weighted by Crippen LogP contribution is -2.37. The Balaban J connectivity index is 1.91. The summed E-state index contributed by atoms with van der Waals surface area (Å²) in [5.74, 6) is -0.0649. The van der Waals surface area contributed by atoms with Crippen LogP contribution in [-0.2, 0) is 26.8 Å². The fourth-order valence-electron chi connectivity index (χ4n) is 3.12. The second-order valence-electron chi connectivity index (χ2n) is 6.51. The van der Waals surface area contributed by atoms with Crippen LogP contribution in [0.15, 0.2) is 27.8 Å². The molecule has 0 spiro atoms. The van der Waals surface area contributed by atoms with Crippen molar-refractivity contribution in [3.63, 3.8) is 0 Å². The molecule has 0 aliphatic rings. The molecule has 0 saturated heterocycles. The van der Waals surface area contributed by atoms with Gasteiger partial charge in [-0.3, -0.25) is 13.9 Å². The molecule has 162 valence electrons. The quantitative estimate of drug-likeness (QED) is 0.419. The number of rotatable bonds is 3. The van der Waals surface area contributed by atoms with Crippen molar-refractivity contribution in [2.75, 3.05) is 0 Å². The molecule has 0 saturated carbocycles. The molecule has 0 atom stereocenters. The highest BCUT2D eigenvalue weighted by Crippen LogP contribution is 2.35.